The molecule has 0 spiro atoms. The lowest BCUT2D eigenvalue weighted by Crippen LogP contribution is -1.95. The van der Waals surface area contributed by atoms with Crippen LogP contribution in [-0.2, 0) is 0 Å². The Labute approximate surface area is 93.6 Å². The molecule has 2 heterocycles. The number of aromatic nitrogens is 4. The minimum Gasteiger partial charge on any atom is -0.304 e. The number of nitro benzene ring substituents is 1. The quantitative estimate of drug-likeness (QED) is 0.487. The Morgan fingerprint density at radius 2 is 2.12 bits per heavy atom. The summed E-state index contributed by atoms with van der Waals surface area (Å²) in [4.78, 5) is 14.2. The van der Waals surface area contributed by atoms with Gasteiger partial charge in [-0.05, 0) is 16.4 Å². The number of non-ortho nitro benzene ring substituents is 1. The summed E-state index contributed by atoms with van der Waals surface area (Å²) in [7, 11) is 0. The predicted molar refractivity (Wildman–Crippen MR) is 55.6 cm³/mol. The van der Waals surface area contributed by atoms with Gasteiger partial charge in [-0.15, -0.1) is 0 Å². The zero-order valence-electron chi connectivity index (χ0n) is 8.35. The van der Waals surface area contributed by atoms with Crippen molar-refractivity contribution in [3.05, 3.63) is 41.0 Å². The van der Waals surface area contributed by atoms with Crippen LogP contribution in [0.2, 0.25) is 0 Å². The molecule has 0 unspecified atom stereocenters. The third-order valence-electron chi connectivity index (χ3n) is 2.35. The van der Waals surface area contributed by atoms with Gasteiger partial charge < -0.3 is 4.57 Å². The van der Waals surface area contributed by atoms with Gasteiger partial charge in [0.2, 0.25) is 5.52 Å². The number of hydrogen-bond donors (Lipinski definition) is 0. The summed E-state index contributed by atoms with van der Waals surface area (Å²) in [6, 6.07) is 2.94. The van der Waals surface area contributed by atoms with E-state index >= 15 is 0 Å². The minimum absolute atomic E-state index is 0.126. The lowest BCUT2D eigenvalue weighted by Gasteiger charge is -2.01. The zero-order valence-corrected chi connectivity index (χ0v) is 8.35. The lowest BCUT2D eigenvalue weighted by atomic mass is 10.2. The van der Waals surface area contributed by atoms with Crippen molar-refractivity contribution >= 4 is 16.7 Å². The Hall–Kier alpha value is -2.77. The molecule has 8 nitrogen and oxygen atoms in total. The van der Waals surface area contributed by atoms with E-state index in [1.54, 1.807) is 29.4 Å². The van der Waals surface area contributed by atoms with Gasteiger partial charge in [0.05, 0.1) is 16.9 Å². The van der Waals surface area contributed by atoms with Crippen molar-refractivity contribution in [1.82, 2.24) is 19.9 Å². The Morgan fingerprint density at radius 1 is 1.29 bits per heavy atom. The lowest BCUT2D eigenvalue weighted by molar-refractivity contribution is -0.383. The molecule has 0 aliphatic heterocycles. The number of nitro groups is 1. The number of nitrogens with zero attached hydrogens (tertiary/aromatic N) is 5. The predicted octanol–water partition coefficient (Wildman–Crippen LogP) is 1.32. The van der Waals surface area contributed by atoms with Gasteiger partial charge in [0.15, 0.2) is 5.52 Å². The van der Waals surface area contributed by atoms with Gasteiger partial charge >= 0.3 is 5.69 Å². The molecule has 2 aromatic heterocycles. The highest BCUT2D eigenvalue weighted by atomic mass is 16.6. The first kappa shape index (κ1) is 9.46. The summed E-state index contributed by atoms with van der Waals surface area (Å²) in [5, 5.41) is 18.0. The first-order chi connectivity index (χ1) is 8.27. The topological polar surface area (TPSA) is 99.9 Å². The first-order valence-corrected chi connectivity index (χ1v) is 4.65. The summed E-state index contributed by atoms with van der Waals surface area (Å²) in [6.45, 7) is 0. The standard InChI is InChI=1S/C9H5N5O3/c15-14(16)7-2-1-6(13-4-3-10-5-13)8-9(7)12-17-11-8/h1-5H. The highest BCUT2D eigenvalue weighted by molar-refractivity contribution is 5.89. The van der Waals surface area contributed by atoms with Crippen LogP contribution in [-0.4, -0.2) is 24.8 Å². The Balaban J connectivity index is 2.33. The molecule has 0 saturated heterocycles. The second-order valence-electron chi connectivity index (χ2n) is 3.29. The van der Waals surface area contributed by atoms with E-state index < -0.39 is 4.92 Å². The number of fused-ring (bicyclic) bond motifs is 1. The fourth-order valence-corrected chi connectivity index (χ4v) is 1.60. The smallest absolute Gasteiger partial charge is 0.300 e. The van der Waals surface area contributed by atoms with Crippen LogP contribution in [0.1, 0.15) is 0 Å². The van der Waals surface area contributed by atoms with E-state index in [9.17, 15) is 10.1 Å². The van der Waals surface area contributed by atoms with Crippen LogP contribution in [0.3, 0.4) is 0 Å². The fourth-order valence-electron chi connectivity index (χ4n) is 1.60. The first-order valence-electron chi connectivity index (χ1n) is 4.65. The molecule has 0 saturated carbocycles. The van der Waals surface area contributed by atoms with Gasteiger partial charge in [0.25, 0.3) is 0 Å². The maximum Gasteiger partial charge on any atom is 0.300 e. The van der Waals surface area contributed by atoms with E-state index in [1.165, 1.54) is 6.07 Å². The van der Waals surface area contributed by atoms with Gasteiger partial charge in [-0.2, -0.15) is 0 Å². The molecule has 1 aromatic carbocycles. The molecule has 0 aliphatic rings. The molecule has 8 heteroatoms. The van der Waals surface area contributed by atoms with Crippen LogP contribution in [0.15, 0.2) is 35.5 Å². The second kappa shape index (κ2) is 3.37. The molecular formula is C9H5N5O3. The fraction of sp³-hybridized carbons (Fsp3) is 0. The molecule has 0 atom stereocenters. The molecule has 0 aliphatic carbocycles. The Bertz CT molecular complexity index is 688. The largest absolute Gasteiger partial charge is 0.304 e. The summed E-state index contributed by atoms with van der Waals surface area (Å²) in [6.07, 6.45) is 4.87. The van der Waals surface area contributed by atoms with Crippen LogP contribution >= 0.6 is 0 Å². The van der Waals surface area contributed by atoms with Crippen LogP contribution < -0.4 is 0 Å². The summed E-state index contributed by atoms with van der Waals surface area (Å²) in [5.41, 5.74) is 0.952. The number of benzene rings is 1. The van der Waals surface area contributed by atoms with E-state index in [1.807, 2.05) is 0 Å². The monoisotopic (exact) mass is 231 g/mol. The third kappa shape index (κ3) is 1.34. The van der Waals surface area contributed by atoms with E-state index in [0.717, 1.165) is 0 Å². The summed E-state index contributed by atoms with van der Waals surface area (Å²) < 4.78 is 6.23. The SMILES string of the molecule is O=[N+]([O-])c1ccc(-n2ccnc2)c2nonc12. The molecular weight excluding hydrogens is 226 g/mol. The van der Waals surface area contributed by atoms with E-state index in [-0.39, 0.29) is 11.2 Å². The second-order valence-corrected chi connectivity index (χ2v) is 3.29. The van der Waals surface area contributed by atoms with Crippen molar-refractivity contribution in [2.45, 2.75) is 0 Å². The van der Waals surface area contributed by atoms with Crippen molar-refractivity contribution in [3.63, 3.8) is 0 Å². The normalized spacial score (nSPS) is 10.8. The highest BCUT2D eigenvalue weighted by Crippen LogP contribution is 2.27. The molecule has 0 fully saturated rings. The average molecular weight is 231 g/mol. The molecule has 0 N–H and O–H groups in total. The molecule has 17 heavy (non-hydrogen) atoms. The van der Waals surface area contributed by atoms with Crippen LogP contribution in [0.4, 0.5) is 5.69 Å². The minimum atomic E-state index is -0.524. The Kier molecular flexibility index (Phi) is 1.87. The molecule has 3 rings (SSSR count). The highest BCUT2D eigenvalue weighted by Gasteiger charge is 2.19. The molecule has 0 amide bonds. The van der Waals surface area contributed by atoms with Gasteiger partial charge in [0, 0.05) is 18.5 Å². The van der Waals surface area contributed by atoms with Gasteiger partial charge in [-0.3, -0.25) is 10.1 Å². The van der Waals surface area contributed by atoms with Crippen molar-refractivity contribution in [3.8, 4) is 5.69 Å². The van der Waals surface area contributed by atoms with Crippen molar-refractivity contribution in [2.75, 3.05) is 0 Å². The summed E-state index contributed by atoms with van der Waals surface area (Å²) >= 11 is 0. The van der Waals surface area contributed by atoms with Crippen molar-refractivity contribution < 1.29 is 9.55 Å². The maximum absolute atomic E-state index is 10.8. The third-order valence-corrected chi connectivity index (χ3v) is 2.35. The van der Waals surface area contributed by atoms with Crippen molar-refractivity contribution in [2.24, 2.45) is 0 Å². The van der Waals surface area contributed by atoms with Crippen LogP contribution in [0.5, 0.6) is 0 Å². The molecule has 0 bridgehead atoms. The number of imidazole rings is 1. The maximum atomic E-state index is 10.8. The zero-order chi connectivity index (χ0) is 11.8. The van der Waals surface area contributed by atoms with Gasteiger partial charge in [-0.1, -0.05) is 0 Å². The molecule has 0 radical (unpaired) electrons. The average Bonchev–Trinajstić information content (AvgIpc) is 2.98. The number of rotatable bonds is 2. The Morgan fingerprint density at radius 3 is 2.82 bits per heavy atom. The molecule has 3 aromatic rings. The number of hydrogen-bond acceptors (Lipinski definition) is 6. The van der Waals surface area contributed by atoms with Crippen LogP contribution in [0.25, 0.3) is 16.7 Å². The van der Waals surface area contributed by atoms with E-state index in [4.69, 9.17) is 0 Å². The molecule has 84 valence electrons. The van der Waals surface area contributed by atoms with Crippen molar-refractivity contribution in [1.29, 1.82) is 0 Å². The summed E-state index contributed by atoms with van der Waals surface area (Å²) in [5.74, 6) is 0. The van der Waals surface area contributed by atoms with Crippen LogP contribution in [0, 0.1) is 10.1 Å². The van der Waals surface area contributed by atoms with Gasteiger partial charge in [-0.25, -0.2) is 9.61 Å². The van der Waals surface area contributed by atoms with E-state index in [2.05, 4.69) is 19.9 Å². The van der Waals surface area contributed by atoms with E-state index in [0.29, 0.717) is 11.2 Å². The van der Waals surface area contributed by atoms with Gasteiger partial charge in [0.1, 0.15) is 0 Å².